The Bertz CT molecular complexity index is 339. The van der Waals surface area contributed by atoms with Crippen LogP contribution in [0.3, 0.4) is 0 Å². The van der Waals surface area contributed by atoms with Gasteiger partial charge in [0.1, 0.15) is 5.82 Å². The number of nitrogens with zero attached hydrogens (tertiary/aromatic N) is 2. The summed E-state index contributed by atoms with van der Waals surface area (Å²) in [6.45, 7) is 9.70. The van der Waals surface area contributed by atoms with Crippen LogP contribution in [0.25, 0.3) is 0 Å². The molecule has 1 aromatic rings. The molecule has 0 aliphatic carbocycles. The fourth-order valence-corrected chi connectivity index (χ4v) is 2.04. The normalized spacial score (nSPS) is 11.3. The zero-order valence-corrected chi connectivity index (χ0v) is 12.1. The molecule has 18 heavy (non-hydrogen) atoms. The van der Waals surface area contributed by atoms with Crippen LogP contribution in [-0.2, 0) is 0 Å². The second-order valence-electron chi connectivity index (χ2n) is 4.66. The molecule has 0 bridgehead atoms. The second-order valence-corrected chi connectivity index (χ2v) is 4.66. The Morgan fingerprint density at radius 3 is 2.33 bits per heavy atom. The molecule has 0 fully saturated rings. The maximum absolute atomic E-state index is 4.51. The number of anilines is 2. The van der Waals surface area contributed by atoms with Crippen LogP contribution in [0.5, 0.6) is 0 Å². The number of hydrogen-bond donors (Lipinski definition) is 2. The molecule has 0 amide bonds. The lowest BCUT2D eigenvalue weighted by molar-refractivity contribution is 0.419. The minimum atomic E-state index is 0.149. The van der Waals surface area contributed by atoms with Gasteiger partial charge in [-0.3, -0.25) is 0 Å². The van der Waals surface area contributed by atoms with Crippen molar-refractivity contribution in [3.8, 4) is 0 Å². The van der Waals surface area contributed by atoms with Gasteiger partial charge >= 0.3 is 0 Å². The molecule has 2 N–H and O–H groups in total. The van der Waals surface area contributed by atoms with Gasteiger partial charge in [0.05, 0.1) is 0 Å². The van der Waals surface area contributed by atoms with E-state index in [0.717, 1.165) is 38.0 Å². The van der Waals surface area contributed by atoms with Crippen molar-refractivity contribution in [1.29, 1.82) is 0 Å². The smallest absolute Gasteiger partial charge is 0.224 e. The minimum absolute atomic E-state index is 0.149. The lowest BCUT2D eigenvalue weighted by Crippen LogP contribution is -2.36. The molecule has 0 atom stereocenters. The first-order valence-corrected chi connectivity index (χ1v) is 7.04. The van der Waals surface area contributed by atoms with Crippen LogP contribution >= 0.6 is 0 Å². The molecule has 1 heterocycles. The van der Waals surface area contributed by atoms with Crippen LogP contribution in [0.15, 0.2) is 12.3 Å². The molecule has 0 aromatic carbocycles. The maximum Gasteiger partial charge on any atom is 0.224 e. The van der Waals surface area contributed by atoms with Gasteiger partial charge in [0.2, 0.25) is 5.95 Å². The van der Waals surface area contributed by atoms with Crippen LogP contribution in [0.4, 0.5) is 11.8 Å². The van der Waals surface area contributed by atoms with Crippen molar-refractivity contribution >= 4 is 11.8 Å². The average molecular weight is 250 g/mol. The first-order chi connectivity index (χ1) is 8.69. The van der Waals surface area contributed by atoms with Crippen LogP contribution in [0, 0.1) is 0 Å². The molecule has 4 heteroatoms. The molecule has 0 aliphatic rings. The molecule has 4 nitrogen and oxygen atoms in total. The number of nitrogens with one attached hydrogen (secondary N) is 2. The van der Waals surface area contributed by atoms with Crippen LogP contribution in [-0.4, -0.2) is 22.1 Å². The number of hydrogen-bond acceptors (Lipinski definition) is 4. The van der Waals surface area contributed by atoms with Gasteiger partial charge < -0.3 is 10.6 Å². The molecule has 102 valence electrons. The van der Waals surface area contributed by atoms with Crippen molar-refractivity contribution in [2.24, 2.45) is 0 Å². The van der Waals surface area contributed by atoms with Crippen LogP contribution in [0.2, 0.25) is 0 Å². The van der Waals surface area contributed by atoms with E-state index in [1.165, 1.54) is 0 Å². The summed E-state index contributed by atoms with van der Waals surface area (Å²) in [6, 6.07) is 1.94. The molecule has 0 spiro atoms. The predicted octanol–water partition coefficient (Wildman–Crippen LogP) is 3.68. The topological polar surface area (TPSA) is 49.8 Å². The van der Waals surface area contributed by atoms with E-state index in [0.29, 0.717) is 5.95 Å². The summed E-state index contributed by atoms with van der Waals surface area (Å²) in [5.41, 5.74) is 0.149. The third-order valence-corrected chi connectivity index (χ3v) is 3.61. The highest BCUT2D eigenvalue weighted by atomic mass is 15.2. The van der Waals surface area contributed by atoms with Gasteiger partial charge in [0.15, 0.2) is 0 Å². The van der Waals surface area contributed by atoms with Crippen molar-refractivity contribution < 1.29 is 0 Å². The van der Waals surface area contributed by atoms with Crippen LogP contribution < -0.4 is 10.6 Å². The Balaban J connectivity index is 2.77. The summed E-state index contributed by atoms with van der Waals surface area (Å²) >= 11 is 0. The third-order valence-electron chi connectivity index (χ3n) is 3.61. The summed E-state index contributed by atoms with van der Waals surface area (Å²) in [7, 11) is 0. The quantitative estimate of drug-likeness (QED) is 0.739. The van der Waals surface area contributed by atoms with Gasteiger partial charge in [0.25, 0.3) is 0 Å². The Kier molecular flexibility index (Phi) is 5.89. The number of rotatable bonds is 8. The SMILES string of the molecule is CCCNc1nccc(NC(CC)(CC)CC)n1. The second kappa shape index (κ2) is 7.19. The Hall–Kier alpha value is -1.32. The van der Waals surface area contributed by atoms with E-state index in [4.69, 9.17) is 0 Å². The van der Waals surface area contributed by atoms with Gasteiger partial charge in [-0.1, -0.05) is 27.7 Å². The van der Waals surface area contributed by atoms with E-state index in [1.807, 2.05) is 6.07 Å². The third kappa shape index (κ3) is 3.86. The molecular weight excluding hydrogens is 224 g/mol. The Morgan fingerprint density at radius 1 is 1.11 bits per heavy atom. The molecular formula is C14H26N4. The number of aromatic nitrogens is 2. The van der Waals surface area contributed by atoms with E-state index in [2.05, 4.69) is 48.3 Å². The predicted molar refractivity (Wildman–Crippen MR) is 78.0 cm³/mol. The van der Waals surface area contributed by atoms with Gasteiger partial charge in [-0.25, -0.2) is 4.98 Å². The highest BCUT2D eigenvalue weighted by molar-refractivity contribution is 5.41. The van der Waals surface area contributed by atoms with Crippen molar-refractivity contribution in [1.82, 2.24) is 9.97 Å². The summed E-state index contributed by atoms with van der Waals surface area (Å²) in [5, 5.41) is 6.78. The van der Waals surface area contributed by atoms with Gasteiger partial charge in [0, 0.05) is 18.3 Å². The largest absolute Gasteiger partial charge is 0.365 e. The minimum Gasteiger partial charge on any atom is -0.365 e. The van der Waals surface area contributed by atoms with Crippen molar-refractivity contribution in [3.05, 3.63) is 12.3 Å². The summed E-state index contributed by atoms with van der Waals surface area (Å²) in [4.78, 5) is 8.73. The van der Waals surface area contributed by atoms with Crippen molar-refractivity contribution in [2.75, 3.05) is 17.2 Å². The fourth-order valence-electron chi connectivity index (χ4n) is 2.04. The zero-order valence-electron chi connectivity index (χ0n) is 12.1. The first-order valence-electron chi connectivity index (χ1n) is 7.04. The van der Waals surface area contributed by atoms with Crippen molar-refractivity contribution in [2.45, 2.75) is 58.9 Å². The summed E-state index contributed by atoms with van der Waals surface area (Å²) in [6.07, 6.45) is 6.17. The fraction of sp³-hybridized carbons (Fsp3) is 0.714. The zero-order chi connectivity index (χ0) is 13.4. The lowest BCUT2D eigenvalue weighted by Gasteiger charge is -2.32. The Morgan fingerprint density at radius 2 is 1.78 bits per heavy atom. The van der Waals surface area contributed by atoms with Gasteiger partial charge in [-0.2, -0.15) is 4.98 Å². The standard InChI is InChI=1S/C14H26N4/c1-5-10-15-13-16-11-9-12(17-13)18-14(6-2,7-3)8-4/h9,11H,5-8,10H2,1-4H3,(H2,15,16,17,18). The lowest BCUT2D eigenvalue weighted by atomic mass is 9.90. The van der Waals surface area contributed by atoms with Crippen molar-refractivity contribution in [3.63, 3.8) is 0 Å². The van der Waals surface area contributed by atoms with E-state index in [9.17, 15) is 0 Å². The van der Waals surface area contributed by atoms with Gasteiger partial charge in [-0.05, 0) is 31.7 Å². The Labute approximate surface area is 111 Å². The molecule has 0 aliphatic heterocycles. The molecule has 0 saturated carbocycles. The highest BCUT2D eigenvalue weighted by Gasteiger charge is 2.23. The van der Waals surface area contributed by atoms with E-state index >= 15 is 0 Å². The monoisotopic (exact) mass is 250 g/mol. The molecule has 0 unspecified atom stereocenters. The van der Waals surface area contributed by atoms with E-state index in [-0.39, 0.29) is 5.54 Å². The molecule has 0 saturated heterocycles. The molecule has 1 aromatic heterocycles. The first kappa shape index (κ1) is 14.7. The average Bonchev–Trinajstić information content (AvgIpc) is 2.43. The van der Waals surface area contributed by atoms with E-state index < -0.39 is 0 Å². The molecule has 1 rings (SSSR count). The molecule has 0 radical (unpaired) electrons. The summed E-state index contributed by atoms with van der Waals surface area (Å²) in [5.74, 6) is 1.62. The van der Waals surface area contributed by atoms with Gasteiger partial charge in [-0.15, -0.1) is 0 Å². The summed E-state index contributed by atoms with van der Waals surface area (Å²) < 4.78 is 0. The maximum atomic E-state index is 4.51. The van der Waals surface area contributed by atoms with Crippen LogP contribution in [0.1, 0.15) is 53.4 Å². The highest BCUT2D eigenvalue weighted by Crippen LogP contribution is 2.24. The van der Waals surface area contributed by atoms with E-state index in [1.54, 1.807) is 6.20 Å².